The number of fused-ring (bicyclic) bond motifs is 1. The van der Waals surface area contributed by atoms with E-state index in [1.165, 1.54) is 9.87 Å². The normalized spacial score (nSPS) is 17.3. The summed E-state index contributed by atoms with van der Waals surface area (Å²) in [4.78, 5) is 12.7. The molecule has 0 aromatic heterocycles. The van der Waals surface area contributed by atoms with Crippen molar-refractivity contribution in [1.29, 1.82) is 0 Å². The van der Waals surface area contributed by atoms with Gasteiger partial charge in [-0.15, -0.1) is 0 Å². The number of hydrogen-bond donors (Lipinski definition) is 0. The summed E-state index contributed by atoms with van der Waals surface area (Å²) < 4.78 is 38.4. The third kappa shape index (κ3) is 5.05. The Kier molecular flexibility index (Phi) is 6.84. The van der Waals surface area contributed by atoms with Crippen LogP contribution in [0.25, 0.3) is 0 Å². The van der Waals surface area contributed by atoms with Gasteiger partial charge in [0, 0.05) is 13.1 Å². The van der Waals surface area contributed by atoms with Crippen LogP contribution in [0.1, 0.15) is 30.4 Å². The van der Waals surface area contributed by atoms with E-state index in [-0.39, 0.29) is 25.1 Å². The minimum Gasteiger partial charge on any atom is -0.488 e. The molecular weight excluding hydrogens is 438 g/mol. The predicted octanol–water partition coefficient (Wildman–Crippen LogP) is 3.85. The van der Waals surface area contributed by atoms with Crippen molar-refractivity contribution >= 4 is 27.6 Å². The summed E-state index contributed by atoms with van der Waals surface area (Å²) in [7, 11) is -3.54. The smallest absolute Gasteiger partial charge is 0.309 e. The van der Waals surface area contributed by atoms with Gasteiger partial charge in [0.2, 0.25) is 10.0 Å². The molecule has 8 heteroatoms. The number of para-hydroxylation sites is 1. The van der Waals surface area contributed by atoms with Crippen LogP contribution in [-0.4, -0.2) is 45.0 Å². The molecule has 6 nitrogen and oxygen atoms in total. The fourth-order valence-electron chi connectivity index (χ4n) is 4.16. The van der Waals surface area contributed by atoms with Crippen molar-refractivity contribution in [2.75, 3.05) is 26.3 Å². The third-order valence-corrected chi connectivity index (χ3v) is 8.12. The number of sulfonamides is 1. The average molecular weight is 464 g/mol. The van der Waals surface area contributed by atoms with Crippen LogP contribution < -0.4 is 4.74 Å². The highest BCUT2D eigenvalue weighted by atomic mass is 35.5. The molecule has 1 aliphatic carbocycles. The van der Waals surface area contributed by atoms with Gasteiger partial charge in [0.1, 0.15) is 19.0 Å². The van der Waals surface area contributed by atoms with Crippen LogP contribution in [-0.2, 0) is 32.4 Å². The lowest BCUT2D eigenvalue weighted by Gasteiger charge is -2.30. The zero-order valence-corrected chi connectivity index (χ0v) is 18.8. The lowest BCUT2D eigenvalue weighted by Crippen LogP contribution is -2.40. The number of carbonyl (C=O) groups is 1. The van der Waals surface area contributed by atoms with Crippen LogP contribution in [0.5, 0.6) is 5.75 Å². The molecule has 0 bridgehead atoms. The largest absolute Gasteiger partial charge is 0.488 e. The molecule has 1 saturated heterocycles. The molecular formula is C23H26ClNO5S. The Morgan fingerprint density at radius 2 is 1.77 bits per heavy atom. The van der Waals surface area contributed by atoms with Crippen molar-refractivity contribution in [3.05, 3.63) is 58.6 Å². The number of aryl methyl sites for hydroxylation is 2. The van der Waals surface area contributed by atoms with Crippen molar-refractivity contribution in [2.45, 2.75) is 37.0 Å². The van der Waals surface area contributed by atoms with Gasteiger partial charge in [0.05, 0.1) is 15.8 Å². The number of piperidine rings is 1. The van der Waals surface area contributed by atoms with E-state index in [0.29, 0.717) is 41.6 Å². The average Bonchev–Trinajstić information content (AvgIpc) is 3.26. The Labute approximate surface area is 188 Å². The maximum Gasteiger partial charge on any atom is 0.309 e. The summed E-state index contributed by atoms with van der Waals surface area (Å²) >= 11 is 6.02. The van der Waals surface area contributed by atoms with E-state index in [4.69, 9.17) is 21.1 Å². The van der Waals surface area contributed by atoms with Crippen molar-refractivity contribution in [3.63, 3.8) is 0 Å². The van der Waals surface area contributed by atoms with E-state index < -0.39 is 10.0 Å². The summed E-state index contributed by atoms with van der Waals surface area (Å²) in [5.74, 6) is -0.0607. The van der Waals surface area contributed by atoms with Gasteiger partial charge in [-0.05, 0) is 67.5 Å². The zero-order chi connectivity index (χ0) is 21.8. The molecule has 0 saturated carbocycles. The second-order valence-electron chi connectivity index (χ2n) is 7.91. The Hall–Kier alpha value is -2.09. The highest BCUT2D eigenvalue weighted by Gasteiger charge is 2.33. The van der Waals surface area contributed by atoms with Gasteiger partial charge in [-0.1, -0.05) is 29.8 Å². The maximum atomic E-state index is 13.0. The second-order valence-corrected chi connectivity index (χ2v) is 10.3. The van der Waals surface area contributed by atoms with Gasteiger partial charge in [-0.25, -0.2) is 8.42 Å². The Morgan fingerprint density at radius 3 is 2.55 bits per heavy atom. The number of rotatable bonds is 7. The van der Waals surface area contributed by atoms with Crippen LogP contribution in [0.4, 0.5) is 0 Å². The van der Waals surface area contributed by atoms with Gasteiger partial charge in [0.15, 0.2) is 0 Å². The van der Waals surface area contributed by atoms with E-state index in [9.17, 15) is 13.2 Å². The van der Waals surface area contributed by atoms with Crippen molar-refractivity contribution in [3.8, 4) is 5.75 Å². The molecule has 1 fully saturated rings. The molecule has 2 aromatic rings. The Bertz CT molecular complexity index is 1050. The summed E-state index contributed by atoms with van der Waals surface area (Å²) in [5, 5.41) is 0.505. The molecule has 2 aliphatic rings. The first-order valence-corrected chi connectivity index (χ1v) is 12.4. The van der Waals surface area contributed by atoms with Gasteiger partial charge in [-0.3, -0.25) is 4.79 Å². The number of benzene rings is 2. The molecule has 2 aromatic carbocycles. The minimum absolute atomic E-state index is 0.123. The number of ether oxygens (including phenoxy) is 2. The van der Waals surface area contributed by atoms with Gasteiger partial charge in [0.25, 0.3) is 0 Å². The van der Waals surface area contributed by atoms with E-state index in [1.807, 2.05) is 24.3 Å². The first-order chi connectivity index (χ1) is 14.9. The number of carbonyl (C=O) groups excluding carboxylic acids is 1. The van der Waals surface area contributed by atoms with E-state index in [0.717, 1.165) is 24.8 Å². The topological polar surface area (TPSA) is 72.9 Å². The highest BCUT2D eigenvalue weighted by Crippen LogP contribution is 2.29. The summed E-state index contributed by atoms with van der Waals surface area (Å²) in [6.45, 7) is 0.962. The number of nitrogens with zero attached hydrogens (tertiary/aromatic N) is 1. The molecule has 0 atom stereocenters. The second kappa shape index (κ2) is 9.59. The van der Waals surface area contributed by atoms with Crippen molar-refractivity contribution in [2.24, 2.45) is 5.92 Å². The standard InChI is InChI=1S/C23H26ClNO5S/c24-21-6-1-2-7-22(21)29-14-15-30-23(26)18-10-12-25(13-11-18)31(27,28)20-9-8-17-4-3-5-19(17)16-20/h1-2,6-9,16,18H,3-5,10-15H2. The van der Waals surface area contributed by atoms with Crippen LogP contribution in [0.3, 0.4) is 0 Å². The van der Waals surface area contributed by atoms with E-state index in [2.05, 4.69) is 0 Å². The molecule has 166 valence electrons. The van der Waals surface area contributed by atoms with Crippen LogP contribution in [0.2, 0.25) is 5.02 Å². The summed E-state index contributed by atoms with van der Waals surface area (Å²) in [5.41, 5.74) is 2.39. The van der Waals surface area contributed by atoms with Gasteiger partial charge in [-0.2, -0.15) is 4.31 Å². The maximum absolute atomic E-state index is 13.0. The predicted molar refractivity (Wildman–Crippen MR) is 118 cm³/mol. The molecule has 0 unspecified atom stereocenters. The minimum atomic E-state index is -3.54. The summed E-state index contributed by atoms with van der Waals surface area (Å²) in [6.07, 6.45) is 3.94. The monoisotopic (exact) mass is 463 g/mol. The first-order valence-electron chi connectivity index (χ1n) is 10.6. The fraction of sp³-hybridized carbons (Fsp3) is 0.435. The zero-order valence-electron chi connectivity index (χ0n) is 17.3. The van der Waals surface area contributed by atoms with E-state index >= 15 is 0 Å². The van der Waals surface area contributed by atoms with Crippen LogP contribution >= 0.6 is 11.6 Å². The Balaban J connectivity index is 1.25. The van der Waals surface area contributed by atoms with Crippen molar-refractivity contribution < 1.29 is 22.7 Å². The fourth-order valence-corrected chi connectivity index (χ4v) is 5.87. The van der Waals surface area contributed by atoms with Gasteiger partial charge >= 0.3 is 5.97 Å². The third-order valence-electron chi connectivity index (χ3n) is 5.92. The van der Waals surface area contributed by atoms with Crippen molar-refractivity contribution in [1.82, 2.24) is 4.31 Å². The number of halogens is 1. The van der Waals surface area contributed by atoms with Crippen LogP contribution in [0.15, 0.2) is 47.4 Å². The number of esters is 1. The highest BCUT2D eigenvalue weighted by molar-refractivity contribution is 7.89. The summed E-state index contributed by atoms with van der Waals surface area (Å²) in [6, 6.07) is 12.6. The number of hydrogen-bond acceptors (Lipinski definition) is 5. The molecule has 1 aliphatic heterocycles. The molecule has 0 radical (unpaired) electrons. The Morgan fingerprint density at radius 1 is 1.03 bits per heavy atom. The molecule has 4 rings (SSSR count). The molecule has 31 heavy (non-hydrogen) atoms. The lowest BCUT2D eigenvalue weighted by atomic mass is 9.98. The van der Waals surface area contributed by atoms with E-state index in [1.54, 1.807) is 18.2 Å². The lowest BCUT2D eigenvalue weighted by molar-refractivity contribution is -0.150. The molecule has 0 N–H and O–H groups in total. The SMILES string of the molecule is O=C(OCCOc1ccccc1Cl)C1CCN(S(=O)(=O)c2ccc3c(c2)CCC3)CC1. The quantitative estimate of drug-likeness (QED) is 0.460. The first kappa shape index (κ1) is 22.1. The molecule has 0 spiro atoms. The van der Waals surface area contributed by atoms with Crippen LogP contribution in [0, 0.1) is 5.92 Å². The molecule has 1 heterocycles. The molecule has 0 amide bonds. The van der Waals surface area contributed by atoms with Gasteiger partial charge < -0.3 is 9.47 Å².